The van der Waals surface area contributed by atoms with Gasteiger partial charge in [0.05, 0.1) is 0 Å². The van der Waals surface area contributed by atoms with E-state index in [1.165, 1.54) is 11.3 Å². The van der Waals surface area contributed by atoms with E-state index in [4.69, 9.17) is 10.5 Å². The average molecular weight is 287 g/mol. The maximum atomic E-state index is 5.82. The van der Waals surface area contributed by atoms with Crippen LogP contribution in [0.1, 0.15) is 24.8 Å². The van der Waals surface area contributed by atoms with Gasteiger partial charge >= 0.3 is 0 Å². The molecule has 0 bridgehead atoms. The SMILES string of the molecule is Nc1cccc(-c2nn3c(C4CCCO4)nnc3s2)c1. The molecule has 1 unspecified atom stereocenters. The number of nitrogen functional groups attached to an aromatic ring is 1. The zero-order valence-corrected chi connectivity index (χ0v) is 11.5. The second-order valence-electron chi connectivity index (χ2n) is 4.79. The molecule has 2 N–H and O–H groups in total. The smallest absolute Gasteiger partial charge is 0.235 e. The van der Waals surface area contributed by atoms with Crippen LogP contribution in [-0.2, 0) is 4.74 Å². The third kappa shape index (κ3) is 1.86. The molecule has 3 heterocycles. The van der Waals surface area contributed by atoms with Gasteiger partial charge in [0.1, 0.15) is 11.1 Å². The molecule has 0 spiro atoms. The number of ether oxygens (including phenoxy) is 1. The molecule has 2 aromatic heterocycles. The summed E-state index contributed by atoms with van der Waals surface area (Å²) in [6, 6.07) is 7.70. The van der Waals surface area contributed by atoms with Crippen molar-refractivity contribution in [2.75, 3.05) is 12.3 Å². The summed E-state index contributed by atoms with van der Waals surface area (Å²) in [4.78, 5) is 0.785. The van der Waals surface area contributed by atoms with Gasteiger partial charge in [-0.2, -0.15) is 9.61 Å². The van der Waals surface area contributed by atoms with E-state index in [2.05, 4.69) is 15.3 Å². The topological polar surface area (TPSA) is 78.3 Å². The van der Waals surface area contributed by atoms with Crippen molar-refractivity contribution in [3.8, 4) is 10.6 Å². The predicted octanol–water partition coefficient (Wildman–Crippen LogP) is 2.29. The Bertz CT molecular complexity index is 759. The van der Waals surface area contributed by atoms with Crippen LogP contribution >= 0.6 is 11.3 Å². The highest BCUT2D eigenvalue weighted by molar-refractivity contribution is 7.19. The number of nitrogens with two attached hydrogens (primary N) is 1. The molecule has 20 heavy (non-hydrogen) atoms. The summed E-state index contributed by atoms with van der Waals surface area (Å²) in [5.74, 6) is 0.795. The minimum absolute atomic E-state index is 0.0146. The minimum Gasteiger partial charge on any atom is -0.399 e. The summed E-state index contributed by atoms with van der Waals surface area (Å²) in [6.07, 6.45) is 2.05. The summed E-state index contributed by atoms with van der Waals surface area (Å²) < 4.78 is 7.45. The molecule has 1 fully saturated rings. The third-order valence-corrected chi connectivity index (χ3v) is 4.31. The summed E-state index contributed by atoms with van der Waals surface area (Å²) in [5, 5.41) is 13.9. The normalized spacial score (nSPS) is 18.9. The van der Waals surface area contributed by atoms with Crippen LogP contribution in [0.3, 0.4) is 0 Å². The Balaban J connectivity index is 1.79. The molecule has 1 saturated heterocycles. The first kappa shape index (κ1) is 11.8. The number of benzene rings is 1. The van der Waals surface area contributed by atoms with Gasteiger partial charge < -0.3 is 10.5 Å². The second kappa shape index (κ2) is 4.53. The number of hydrogen-bond donors (Lipinski definition) is 1. The van der Waals surface area contributed by atoms with Crippen LogP contribution in [0.25, 0.3) is 15.5 Å². The molecule has 1 aromatic carbocycles. The first-order chi connectivity index (χ1) is 9.81. The second-order valence-corrected chi connectivity index (χ2v) is 5.74. The molecule has 0 radical (unpaired) electrons. The van der Waals surface area contributed by atoms with Crippen LogP contribution in [0, 0.1) is 0 Å². The van der Waals surface area contributed by atoms with Gasteiger partial charge in [-0.15, -0.1) is 10.2 Å². The van der Waals surface area contributed by atoms with Crippen molar-refractivity contribution < 1.29 is 4.74 Å². The maximum absolute atomic E-state index is 5.82. The number of rotatable bonds is 2. The van der Waals surface area contributed by atoms with Crippen molar-refractivity contribution in [3.63, 3.8) is 0 Å². The molecule has 4 rings (SSSR count). The Morgan fingerprint density at radius 1 is 1.35 bits per heavy atom. The molecular formula is C13H13N5OS. The van der Waals surface area contributed by atoms with Gasteiger partial charge in [0.25, 0.3) is 0 Å². The molecular weight excluding hydrogens is 274 g/mol. The Kier molecular flexibility index (Phi) is 2.68. The fourth-order valence-electron chi connectivity index (χ4n) is 2.40. The van der Waals surface area contributed by atoms with E-state index in [1.807, 2.05) is 24.3 Å². The lowest BCUT2D eigenvalue weighted by atomic mass is 10.2. The van der Waals surface area contributed by atoms with Crippen molar-refractivity contribution in [2.45, 2.75) is 18.9 Å². The first-order valence-electron chi connectivity index (χ1n) is 6.51. The Labute approximate surface area is 119 Å². The predicted molar refractivity (Wildman–Crippen MR) is 76.4 cm³/mol. The number of nitrogens with zero attached hydrogens (tertiary/aromatic N) is 4. The lowest BCUT2D eigenvalue weighted by molar-refractivity contribution is 0.103. The first-order valence-corrected chi connectivity index (χ1v) is 7.32. The number of aromatic nitrogens is 4. The van der Waals surface area contributed by atoms with Crippen LogP contribution < -0.4 is 5.73 Å². The van der Waals surface area contributed by atoms with Crippen LogP contribution in [0.5, 0.6) is 0 Å². The zero-order chi connectivity index (χ0) is 13.5. The lowest BCUT2D eigenvalue weighted by Crippen LogP contribution is -2.03. The summed E-state index contributed by atoms with van der Waals surface area (Å²) in [7, 11) is 0. The van der Waals surface area contributed by atoms with Gasteiger partial charge in [0.2, 0.25) is 4.96 Å². The van der Waals surface area contributed by atoms with Crippen LogP contribution in [-0.4, -0.2) is 26.4 Å². The molecule has 1 atom stereocenters. The largest absolute Gasteiger partial charge is 0.399 e. The van der Waals surface area contributed by atoms with Crippen molar-refractivity contribution in [3.05, 3.63) is 30.1 Å². The molecule has 0 aliphatic carbocycles. The molecule has 1 aliphatic rings. The standard InChI is InChI=1S/C13H13N5OS/c14-9-4-1-3-8(7-9)12-17-18-11(10-5-2-6-19-10)15-16-13(18)20-12/h1,3-4,7,10H,2,5-6,14H2. The van der Waals surface area contributed by atoms with Gasteiger partial charge in [-0.05, 0) is 25.0 Å². The van der Waals surface area contributed by atoms with E-state index in [9.17, 15) is 0 Å². The quantitative estimate of drug-likeness (QED) is 0.732. The highest BCUT2D eigenvalue weighted by Gasteiger charge is 2.25. The molecule has 1 aliphatic heterocycles. The van der Waals surface area contributed by atoms with Gasteiger partial charge in [0, 0.05) is 17.9 Å². The average Bonchev–Trinajstić information content (AvgIpc) is 3.14. The fourth-order valence-corrected chi connectivity index (χ4v) is 3.25. The van der Waals surface area contributed by atoms with E-state index in [0.29, 0.717) is 0 Å². The number of hydrogen-bond acceptors (Lipinski definition) is 6. The van der Waals surface area contributed by atoms with E-state index < -0.39 is 0 Å². The van der Waals surface area contributed by atoms with Crippen molar-refractivity contribution >= 4 is 22.0 Å². The monoisotopic (exact) mass is 287 g/mol. The van der Waals surface area contributed by atoms with Crippen molar-refractivity contribution in [1.29, 1.82) is 0 Å². The Hall–Kier alpha value is -1.99. The summed E-state index contributed by atoms with van der Waals surface area (Å²) in [6.45, 7) is 0.784. The van der Waals surface area contributed by atoms with Crippen LogP contribution in [0.15, 0.2) is 24.3 Å². The molecule has 102 valence electrons. The van der Waals surface area contributed by atoms with Crippen molar-refractivity contribution in [2.24, 2.45) is 0 Å². The van der Waals surface area contributed by atoms with Gasteiger partial charge in [-0.1, -0.05) is 23.5 Å². The van der Waals surface area contributed by atoms with E-state index in [1.54, 1.807) is 4.52 Å². The summed E-state index contributed by atoms with van der Waals surface area (Å²) in [5.41, 5.74) is 7.55. The van der Waals surface area contributed by atoms with Crippen LogP contribution in [0.2, 0.25) is 0 Å². The maximum Gasteiger partial charge on any atom is 0.235 e. The number of fused-ring (bicyclic) bond motifs is 1. The molecule has 0 saturated carbocycles. The molecule has 0 amide bonds. The fraction of sp³-hybridized carbons (Fsp3) is 0.308. The molecule has 7 heteroatoms. The van der Waals surface area contributed by atoms with Gasteiger partial charge in [0.15, 0.2) is 5.82 Å². The highest BCUT2D eigenvalue weighted by Crippen LogP contribution is 2.31. The zero-order valence-electron chi connectivity index (χ0n) is 10.7. The van der Waals surface area contributed by atoms with Crippen molar-refractivity contribution in [1.82, 2.24) is 19.8 Å². The molecule has 6 nitrogen and oxygen atoms in total. The minimum atomic E-state index is 0.0146. The lowest BCUT2D eigenvalue weighted by Gasteiger charge is -2.04. The third-order valence-electron chi connectivity index (χ3n) is 3.37. The van der Waals surface area contributed by atoms with E-state index in [-0.39, 0.29) is 6.10 Å². The van der Waals surface area contributed by atoms with Gasteiger partial charge in [-0.3, -0.25) is 0 Å². The van der Waals surface area contributed by atoms with Gasteiger partial charge in [-0.25, -0.2) is 0 Å². The van der Waals surface area contributed by atoms with E-state index >= 15 is 0 Å². The molecule has 3 aromatic rings. The highest BCUT2D eigenvalue weighted by atomic mass is 32.1. The Morgan fingerprint density at radius 2 is 2.30 bits per heavy atom. The van der Waals surface area contributed by atoms with Crippen LogP contribution in [0.4, 0.5) is 5.69 Å². The van der Waals surface area contributed by atoms with E-state index in [0.717, 1.165) is 46.5 Å². The summed E-state index contributed by atoms with van der Waals surface area (Å²) >= 11 is 1.51. The number of anilines is 1. The Morgan fingerprint density at radius 3 is 3.10 bits per heavy atom.